The molecule has 1 fully saturated rings. The zero-order chi connectivity index (χ0) is 13.2. The maximum absolute atomic E-state index is 12.2. The van der Waals surface area contributed by atoms with Gasteiger partial charge in [-0.25, -0.2) is 9.59 Å². The Hall–Kier alpha value is -0.910. The van der Waals surface area contributed by atoms with Crippen LogP contribution in [0.4, 0.5) is 4.79 Å². The van der Waals surface area contributed by atoms with Crippen LogP contribution < -0.4 is 0 Å². The van der Waals surface area contributed by atoms with Crippen molar-refractivity contribution in [3.8, 4) is 0 Å². The van der Waals surface area contributed by atoms with Gasteiger partial charge in [-0.3, -0.25) is 4.90 Å². The fraction of sp³-hybridized carbons (Fsp3) is 0.818. The van der Waals surface area contributed by atoms with Crippen LogP contribution in [0, 0.1) is 0 Å². The molecule has 17 heavy (non-hydrogen) atoms. The molecule has 2 amide bonds. The molecule has 6 heteroatoms. The summed E-state index contributed by atoms with van der Waals surface area (Å²) in [5.74, 6) is -0.455. The average Bonchev–Trinajstić information content (AvgIpc) is 2.68. The number of carboxylic acid groups (broad SMARTS) is 1. The zero-order valence-corrected chi connectivity index (χ0v) is 11.5. The van der Waals surface area contributed by atoms with Crippen molar-refractivity contribution in [1.82, 2.24) is 9.80 Å². The Morgan fingerprint density at radius 2 is 2.18 bits per heavy atom. The molecule has 5 nitrogen and oxygen atoms in total. The van der Waals surface area contributed by atoms with E-state index in [0.717, 1.165) is 6.42 Å². The quantitative estimate of drug-likeness (QED) is 0.838. The number of rotatable bonds is 3. The van der Waals surface area contributed by atoms with Gasteiger partial charge in [-0.15, -0.1) is 11.8 Å². The smallest absolute Gasteiger partial charge is 0.327 e. The summed E-state index contributed by atoms with van der Waals surface area (Å²) in [4.78, 5) is 26.4. The van der Waals surface area contributed by atoms with Crippen molar-refractivity contribution in [2.75, 3.05) is 12.8 Å². The normalized spacial score (nSPS) is 25.8. The highest BCUT2D eigenvalue weighted by Gasteiger charge is 2.41. The Kier molecular flexibility index (Phi) is 4.68. The minimum Gasteiger partial charge on any atom is -0.480 e. The first-order valence-corrected chi connectivity index (χ1v) is 6.84. The maximum atomic E-state index is 12.2. The van der Waals surface area contributed by atoms with E-state index in [0.29, 0.717) is 5.75 Å². The molecule has 0 aromatic carbocycles. The minimum atomic E-state index is -0.923. The Labute approximate surface area is 106 Å². The van der Waals surface area contributed by atoms with Crippen LogP contribution in [0.15, 0.2) is 0 Å². The lowest BCUT2D eigenvalue weighted by Crippen LogP contribution is -2.51. The third-order valence-electron chi connectivity index (χ3n) is 3.28. The first kappa shape index (κ1) is 14.2. The summed E-state index contributed by atoms with van der Waals surface area (Å²) in [5, 5.41) is 9.03. The molecule has 1 saturated heterocycles. The summed E-state index contributed by atoms with van der Waals surface area (Å²) in [5.41, 5.74) is 0. The molecule has 3 unspecified atom stereocenters. The van der Waals surface area contributed by atoms with Gasteiger partial charge in [-0.1, -0.05) is 6.92 Å². The predicted octanol–water partition coefficient (Wildman–Crippen LogP) is 1.68. The van der Waals surface area contributed by atoms with Crippen molar-refractivity contribution in [3.05, 3.63) is 0 Å². The van der Waals surface area contributed by atoms with Gasteiger partial charge in [0.1, 0.15) is 6.04 Å². The molecule has 1 N–H and O–H groups in total. The van der Waals surface area contributed by atoms with Crippen molar-refractivity contribution >= 4 is 23.8 Å². The SMILES string of the molecule is CCC(C)N(C)C(=O)N1C(C)SCC1C(=O)O. The molecule has 1 heterocycles. The van der Waals surface area contributed by atoms with Gasteiger partial charge in [0, 0.05) is 18.8 Å². The van der Waals surface area contributed by atoms with Crippen LogP contribution in [0.25, 0.3) is 0 Å². The summed E-state index contributed by atoms with van der Waals surface area (Å²) < 4.78 is 0. The van der Waals surface area contributed by atoms with Gasteiger partial charge in [-0.05, 0) is 20.3 Å². The number of carboxylic acids is 1. The van der Waals surface area contributed by atoms with E-state index in [9.17, 15) is 9.59 Å². The van der Waals surface area contributed by atoms with Crippen molar-refractivity contribution in [2.45, 2.75) is 44.6 Å². The van der Waals surface area contributed by atoms with Crippen LogP contribution in [-0.4, -0.2) is 57.2 Å². The summed E-state index contributed by atoms with van der Waals surface area (Å²) in [6, 6.07) is -0.770. The van der Waals surface area contributed by atoms with Gasteiger partial charge in [0.15, 0.2) is 0 Å². The molecular formula is C11H20N2O3S. The van der Waals surface area contributed by atoms with E-state index in [1.165, 1.54) is 16.7 Å². The van der Waals surface area contributed by atoms with Gasteiger partial charge in [0.2, 0.25) is 0 Å². The lowest BCUT2D eigenvalue weighted by Gasteiger charge is -2.33. The number of carbonyl (C=O) groups excluding carboxylic acids is 1. The van der Waals surface area contributed by atoms with E-state index in [2.05, 4.69) is 0 Å². The first-order valence-electron chi connectivity index (χ1n) is 5.79. The summed E-state index contributed by atoms with van der Waals surface area (Å²) in [6.07, 6.45) is 0.856. The minimum absolute atomic E-state index is 0.0740. The van der Waals surface area contributed by atoms with Crippen molar-refractivity contribution < 1.29 is 14.7 Å². The van der Waals surface area contributed by atoms with Crippen LogP contribution in [0.3, 0.4) is 0 Å². The Morgan fingerprint density at radius 1 is 1.59 bits per heavy atom. The van der Waals surface area contributed by atoms with Crippen LogP contribution in [-0.2, 0) is 4.79 Å². The molecule has 0 saturated carbocycles. The molecule has 98 valence electrons. The second kappa shape index (κ2) is 5.62. The highest BCUT2D eigenvalue weighted by atomic mass is 32.2. The number of thioether (sulfide) groups is 1. The Balaban J connectivity index is 2.82. The molecule has 0 radical (unpaired) electrons. The van der Waals surface area contributed by atoms with Gasteiger partial charge in [-0.2, -0.15) is 0 Å². The van der Waals surface area contributed by atoms with Crippen LogP contribution in [0.1, 0.15) is 27.2 Å². The van der Waals surface area contributed by atoms with Crippen LogP contribution in [0.5, 0.6) is 0 Å². The molecule has 0 bridgehead atoms. The van der Waals surface area contributed by atoms with Crippen molar-refractivity contribution in [1.29, 1.82) is 0 Å². The first-order chi connectivity index (χ1) is 7.90. The van der Waals surface area contributed by atoms with Crippen LogP contribution in [0.2, 0.25) is 0 Å². The number of urea groups is 1. The fourth-order valence-corrected chi connectivity index (χ4v) is 2.93. The van der Waals surface area contributed by atoms with Gasteiger partial charge < -0.3 is 10.0 Å². The van der Waals surface area contributed by atoms with E-state index in [1.54, 1.807) is 11.9 Å². The molecule has 0 aromatic heterocycles. The van der Waals surface area contributed by atoms with Gasteiger partial charge >= 0.3 is 12.0 Å². The second-order valence-corrected chi connectivity index (χ2v) is 5.69. The number of aliphatic carboxylic acids is 1. The van der Waals surface area contributed by atoms with E-state index < -0.39 is 12.0 Å². The number of hydrogen-bond donors (Lipinski definition) is 1. The largest absolute Gasteiger partial charge is 0.480 e. The van der Waals surface area contributed by atoms with E-state index >= 15 is 0 Å². The number of amides is 2. The van der Waals surface area contributed by atoms with Gasteiger partial charge in [0.05, 0.1) is 5.37 Å². The zero-order valence-electron chi connectivity index (χ0n) is 10.7. The lowest BCUT2D eigenvalue weighted by atomic mass is 10.2. The van der Waals surface area contributed by atoms with E-state index in [-0.39, 0.29) is 17.4 Å². The van der Waals surface area contributed by atoms with Crippen LogP contribution >= 0.6 is 11.8 Å². The molecule has 3 atom stereocenters. The van der Waals surface area contributed by atoms with E-state index in [4.69, 9.17) is 5.11 Å². The number of carbonyl (C=O) groups is 2. The number of hydrogen-bond acceptors (Lipinski definition) is 3. The molecular weight excluding hydrogens is 240 g/mol. The van der Waals surface area contributed by atoms with Crippen molar-refractivity contribution in [3.63, 3.8) is 0 Å². The molecule has 1 rings (SSSR count). The Bertz CT molecular complexity index is 311. The maximum Gasteiger partial charge on any atom is 0.327 e. The molecule has 0 spiro atoms. The average molecular weight is 260 g/mol. The molecule has 0 aromatic rings. The monoisotopic (exact) mass is 260 g/mol. The molecule has 1 aliphatic heterocycles. The Morgan fingerprint density at radius 3 is 2.65 bits per heavy atom. The highest BCUT2D eigenvalue weighted by Crippen LogP contribution is 2.30. The van der Waals surface area contributed by atoms with Gasteiger partial charge in [0.25, 0.3) is 0 Å². The third-order valence-corrected chi connectivity index (χ3v) is 4.50. The second-order valence-electron chi connectivity index (χ2n) is 4.34. The number of nitrogens with zero attached hydrogens (tertiary/aromatic N) is 2. The third kappa shape index (κ3) is 2.86. The topological polar surface area (TPSA) is 60.9 Å². The molecule has 0 aliphatic carbocycles. The fourth-order valence-electron chi connectivity index (χ4n) is 1.77. The predicted molar refractivity (Wildman–Crippen MR) is 68.1 cm³/mol. The van der Waals surface area contributed by atoms with Crippen molar-refractivity contribution in [2.24, 2.45) is 0 Å². The highest BCUT2D eigenvalue weighted by molar-refractivity contribution is 8.00. The summed E-state index contributed by atoms with van der Waals surface area (Å²) in [6.45, 7) is 5.84. The molecule has 1 aliphatic rings. The lowest BCUT2D eigenvalue weighted by molar-refractivity contribution is -0.141. The summed E-state index contributed by atoms with van der Waals surface area (Å²) >= 11 is 1.50. The summed E-state index contributed by atoms with van der Waals surface area (Å²) in [7, 11) is 1.73. The standard InChI is InChI=1S/C11H20N2O3S/c1-5-7(2)12(4)11(16)13-8(3)17-6-9(13)10(14)15/h7-9H,5-6H2,1-4H3,(H,14,15). The van der Waals surface area contributed by atoms with E-state index in [1.807, 2.05) is 20.8 Å².